The summed E-state index contributed by atoms with van der Waals surface area (Å²) >= 11 is 0. The van der Waals surface area contributed by atoms with Gasteiger partial charge in [-0.1, -0.05) is 45.0 Å². The summed E-state index contributed by atoms with van der Waals surface area (Å²) in [5, 5.41) is 0.882. The number of benzene rings is 1. The van der Waals surface area contributed by atoms with Gasteiger partial charge in [0.05, 0.1) is 11.2 Å². The number of hydrogen-bond acceptors (Lipinski definition) is 3. The summed E-state index contributed by atoms with van der Waals surface area (Å²) in [5.74, 6) is 0. The van der Waals surface area contributed by atoms with Gasteiger partial charge in [-0.25, -0.2) is 0 Å². The van der Waals surface area contributed by atoms with Gasteiger partial charge in [0.25, 0.3) is 5.56 Å². The van der Waals surface area contributed by atoms with Crippen LogP contribution in [0.5, 0.6) is 0 Å². The second-order valence-electron chi connectivity index (χ2n) is 7.68. The van der Waals surface area contributed by atoms with E-state index in [1.54, 1.807) is 6.07 Å². The molecule has 0 aliphatic carbocycles. The Morgan fingerprint density at radius 3 is 2.46 bits per heavy atom. The normalized spacial score (nSPS) is 12.0. The van der Waals surface area contributed by atoms with Crippen LogP contribution >= 0.6 is 0 Å². The van der Waals surface area contributed by atoms with E-state index in [1.807, 2.05) is 60.0 Å². The predicted molar refractivity (Wildman–Crippen MR) is 106 cm³/mol. The van der Waals surface area contributed by atoms with E-state index in [2.05, 4.69) is 25.8 Å². The van der Waals surface area contributed by atoms with E-state index < -0.39 is 0 Å². The molecule has 0 aliphatic heterocycles. The van der Waals surface area contributed by atoms with Crippen LogP contribution in [0.3, 0.4) is 0 Å². The van der Waals surface area contributed by atoms with Gasteiger partial charge in [-0.15, -0.1) is 0 Å². The van der Waals surface area contributed by atoms with Crippen LogP contribution in [-0.2, 0) is 5.41 Å². The first kappa shape index (κ1) is 16.5. The van der Waals surface area contributed by atoms with Crippen molar-refractivity contribution >= 4 is 16.6 Å². The molecule has 1 aromatic carbocycles. The molecular weight excluding hydrogens is 322 g/mol. The molecule has 0 aliphatic rings. The molecule has 0 atom stereocenters. The maximum Gasteiger partial charge on any atom is 0.273 e. The minimum atomic E-state index is -0.240. The molecule has 0 bridgehead atoms. The highest BCUT2D eigenvalue weighted by Crippen LogP contribution is 2.27. The number of pyridine rings is 2. The van der Waals surface area contributed by atoms with Crippen molar-refractivity contribution in [3.63, 3.8) is 0 Å². The fourth-order valence-electron chi connectivity index (χ4n) is 3.25. The first-order valence-corrected chi connectivity index (χ1v) is 8.74. The molecule has 0 unspecified atom stereocenters. The Kier molecular flexibility index (Phi) is 3.65. The van der Waals surface area contributed by atoms with Crippen molar-refractivity contribution in [3.05, 3.63) is 76.3 Å². The highest BCUT2D eigenvalue weighted by atomic mass is 16.1. The summed E-state index contributed by atoms with van der Waals surface area (Å²) in [4.78, 5) is 21.4. The molecule has 0 spiro atoms. The van der Waals surface area contributed by atoms with Crippen molar-refractivity contribution in [1.82, 2.24) is 14.4 Å². The van der Waals surface area contributed by atoms with Crippen LogP contribution in [0.4, 0.5) is 0 Å². The van der Waals surface area contributed by atoms with Gasteiger partial charge in [0.15, 0.2) is 5.65 Å². The molecule has 4 aromatic rings. The summed E-state index contributed by atoms with van der Waals surface area (Å²) in [6.45, 7) is 8.47. The zero-order valence-corrected chi connectivity index (χ0v) is 15.4. The number of rotatable bonds is 1. The molecular formula is C22H21N3O. The Bertz CT molecular complexity index is 1200. The Morgan fingerprint density at radius 2 is 1.73 bits per heavy atom. The van der Waals surface area contributed by atoms with Crippen molar-refractivity contribution in [2.75, 3.05) is 0 Å². The third kappa shape index (κ3) is 2.68. The first-order valence-electron chi connectivity index (χ1n) is 8.74. The number of fused-ring (bicyclic) bond motifs is 3. The molecule has 4 heteroatoms. The molecule has 130 valence electrons. The zero-order valence-electron chi connectivity index (χ0n) is 15.4. The summed E-state index contributed by atoms with van der Waals surface area (Å²) < 4.78 is 1.98. The molecule has 26 heavy (non-hydrogen) atoms. The topological polar surface area (TPSA) is 47.3 Å². The van der Waals surface area contributed by atoms with Gasteiger partial charge in [-0.05, 0) is 30.7 Å². The van der Waals surface area contributed by atoms with Crippen LogP contribution in [-0.4, -0.2) is 14.4 Å². The summed E-state index contributed by atoms with van der Waals surface area (Å²) in [6, 6.07) is 15.7. The van der Waals surface area contributed by atoms with E-state index in [0.29, 0.717) is 5.65 Å². The molecule has 3 heterocycles. The fraction of sp³-hybridized carbons (Fsp3) is 0.227. The summed E-state index contributed by atoms with van der Waals surface area (Å²) in [6.07, 6.45) is 1.95. The second kappa shape index (κ2) is 5.77. The molecule has 0 saturated heterocycles. The first-order chi connectivity index (χ1) is 12.3. The Hall–Kier alpha value is -3.01. The Morgan fingerprint density at radius 1 is 0.962 bits per heavy atom. The SMILES string of the molecule is Cc1ccccc1-c1cc(=O)nc2c3ccc(C(C)(C)C)nc3ccn12. The standard InChI is InChI=1S/C22H21N3O/c1-14-7-5-6-8-15(14)18-13-20(26)24-21-16-9-10-19(22(2,3)4)23-17(16)11-12-25(18)21/h5-13H,1-4H3. The minimum absolute atomic E-state index is 0.0313. The quantitative estimate of drug-likeness (QED) is 0.478. The van der Waals surface area contributed by atoms with Gasteiger partial charge in [-0.2, -0.15) is 4.98 Å². The van der Waals surface area contributed by atoms with Crippen LogP contribution in [0.1, 0.15) is 32.0 Å². The molecule has 0 saturated carbocycles. The van der Waals surface area contributed by atoms with Crippen molar-refractivity contribution in [2.45, 2.75) is 33.1 Å². The summed E-state index contributed by atoms with van der Waals surface area (Å²) in [5.41, 5.74) is 5.24. The van der Waals surface area contributed by atoms with Crippen molar-refractivity contribution in [1.29, 1.82) is 0 Å². The van der Waals surface area contributed by atoms with E-state index >= 15 is 0 Å². The lowest BCUT2D eigenvalue weighted by molar-refractivity contribution is 0.571. The Balaban J connectivity index is 2.07. The molecule has 0 radical (unpaired) electrons. The molecule has 0 N–H and O–H groups in total. The van der Waals surface area contributed by atoms with Crippen LogP contribution < -0.4 is 5.56 Å². The van der Waals surface area contributed by atoms with Crippen LogP contribution in [0.2, 0.25) is 0 Å². The zero-order chi connectivity index (χ0) is 18.5. The van der Waals surface area contributed by atoms with E-state index in [0.717, 1.165) is 33.4 Å². The van der Waals surface area contributed by atoms with Crippen LogP contribution in [0, 0.1) is 6.92 Å². The van der Waals surface area contributed by atoms with Crippen LogP contribution in [0.15, 0.2) is 59.5 Å². The average molecular weight is 343 g/mol. The number of hydrogen-bond donors (Lipinski definition) is 0. The third-order valence-corrected chi connectivity index (χ3v) is 4.70. The van der Waals surface area contributed by atoms with Gasteiger partial charge in [-0.3, -0.25) is 9.78 Å². The lowest BCUT2D eigenvalue weighted by Crippen LogP contribution is -2.14. The van der Waals surface area contributed by atoms with Gasteiger partial charge < -0.3 is 4.40 Å². The number of aromatic nitrogens is 3. The molecule has 4 rings (SSSR count). The van der Waals surface area contributed by atoms with Gasteiger partial charge in [0.2, 0.25) is 0 Å². The van der Waals surface area contributed by atoms with E-state index in [4.69, 9.17) is 4.98 Å². The molecule has 4 nitrogen and oxygen atoms in total. The molecule has 3 aromatic heterocycles. The highest BCUT2D eigenvalue weighted by Gasteiger charge is 2.17. The maximum absolute atomic E-state index is 12.3. The average Bonchev–Trinajstić information content (AvgIpc) is 2.60. The van der Waals surface area contributed by atoms with E-state index in [1.165, 1.54) is 0 Å². The van der Waals surface area contributed by atoms with E-state index in [-0.39, 0.29) is 11.0 Å². The maximum atomic E-state index is 12.3. The third-order valence-electron chi connectivity index (χ3n) is 4.70. The lowest BCUT2D eigenvalue weighted by atomic mass is 9.91. The van der Waals surface area contributed by atoms with E-state index in [9.17, 15) is 4.79 Å². The minimum Gasteiger partial charge on any atom is -0.300 e. The number of aryl methyl sites for hydroxylation is 1. The lowest BCUT2D eigenvalue weighted by Gasteiger charge is -2.18. The predicted octanol–water partition coefficient (Wildman–Crippen LogP) is 4.52. The van der Waals surface area contributed by atoms with Gasteiger partial charge in [0, 0.05) is 34.3 Å². The number of nitrogens with zero attached hydrogens (tertiary/aromatic N) is 3. The molecule has 0 fully saturated rings. The molecule has 0 amide bonds. The monoisotopic (exact) mass is 343 g/mol. The summed E-state index contributed by atoms with van der Waals surface area (Å²) in [7, 11) is 0. The fourth-order valence-corrected chi connectivity index (χ4v) is 3.25. The second-order valence-corrected chi connectivity index (χ2v) is 7.68. The van der Waals surface area contributed by atoms with Crippen molar-refractivity contribution in [2.24, 2.45) is 0 Å². The highest BCUT2D eigenvalue weighted by molar-refractivity contribution is 5.92. The smallest absolute Gasteiger partial charge is 0.273 e. The Labute approximate surface area is 152 Å². The largest absolute Gasteiger partial charge is 0.300 e. The van der Waals surface area contributed by atoms with Gasteiger partial charge >= 0.3 is 0 Å². The van der Waals surface area contributed by atoms with Crippen LogP contribution in [0.25, 0.3) is 27.8 Å². The van der Waals surface area contributed by atoms with Crippen molar-refractivity contribution < 1.29 is 0 Å². The van der Waals surface area contributed by atoms with Crippen molar-refractivity contribution in [3.8, 4) is 11.3 Å². The van der Waals surface area contributed by atoms with Gasteiger partial charge in [0.1, 0.15) is 0 Å².